The number of benzene rings is 2. The lowest BCUT2D eigenvalue weighted by Crippen LogP contribution is -2.42. The molecule has 4 rings (SSSR count). The second-order valence-corrected chi connectivity index (χ2v) is 7.87. The van der Waals surface area contributed by atoms with Crippen molar-refractivity contribution in [1.29, 1.82) is 0 Å². The first-order valence-electron chi connectivity index (χ1n) is 9.47. The van der Waals surface area contributed by atoms with Crippen LogP contribution in [0.25, 0.3) is 11.1 Å². The Labute approximate surface area is 182 Å². The van der Waals surface area contributed by atoms with Crippen LogP contribution in [0.1, 0.15) is 22.6 Å². The number of hydrogen-bond donors (Lipinski definition) is 2. The molecule has 152 valence electrons. The number of carbonyl (C=O) groups is 2. The number of rotatable bonds is 6. The topological polar surface area (TPSA) is 88.5 Å². The van der Waals surface area contributed by atoms with E-state index in [0.29, 0.717) is 10.2 Å². The first-order chi connectivity index (χ1) is 14.5. The van der Waals surface area contributed by atoms with Crippen LogP contribution in [0.3, 0.4) is 0 Å². The highest BCUT2D eigenvalue weighted by molar-refractivity contribution is 9.10. The van der Waals surface area contributed by atoms with E-state index in [1.165, 1.54) is 0 Å². The minimum absolute atomic E-state index is 0.0814. The van der Waals surface area contributed by atoms with Crippen molar-refractivity contribution in [3.8, 4) is 11.1 Å². The van der Waals surface area contributed by atoms with E-state index in [0.717, 1.165) is 22.3 Å². The predicted octanol–water partition coefficient (Wildman–Crippen LogP) is 4.38. The number of alkyl carbamates (subject to hydrolysis) is 1. The van der Waals surface area contributed by atoms with Crippen molar-refractivity contribution >= 4 is 28.0 Å². The molecule has 7 heteroatoms. The summed E-state index contributed by atoms with van der Waals surface area (Å²) >= 11 is 3.24. The molecule has 1 atom stereocenters. The molecule has 1 aliphatic carbocycles. The molecular formula is C23H19BrN2O4. The molecule has 0 aliphatic heterocycles. The molecule has 0 fully saturated rings. The monoisotopic (exact) mass is 466 g/mol. The molecule has 0 saturated carbocycles. The number of carboxylic acid groups (broad SMARTS) is 1. The van der Waals surface area contributed by atoms with Crippen LogP contribution < -0.4 is 5.32 Å². The van der Waals surface area contributed by atoms with Gasteiger partial charge in [-0.25, -0.2) is 14.6 Å². The van der Waals surface area contributed by atoms with Crippen molar-refractivity contribution in [2.75, 3.05) is 6.61 Å². The van der Waals surface area contributed by atoms with E-state index < -0.39 is 18.1 Å². The van der Waals surface area contributed by atoms with Gasteiger partial charge < -0.3 is 15.2 Å². The summed E-state index contributed by atoms with van der Waals surface area (Å²) in [5.74, 6) is -1.21. The van der Waals surface area contributed by atoms with Crippen LogP contribution in [-0.4, -0.2) is 34.8 Å². The van der Waals surface area contributed by atoms with Crippen molar-refractivity contribution < 1.29 is 19.4 Å². The lowest BCUT2D eigenvalue weighted by Gasteiger charge is -2.17. The molecule has 0 radical (unpaired) electrons. The van der Waals surface area contributed by atoms with E-state index in [4.69, 9.17) is 4.74 Å². The number of ether oxygens (including phenoxy) is 1. The van der Waals surface area contributed by atoms with Crippen molar-refractivity contribution in [3.05, 3.63) is 88.2 Å². The van der Waals surface area contributed by atoms with E-state index in [9.17, 15) is 14.7 Å². The van der Waals surface area contributed by atoms with Gasteiger partial charge in [0.1, 0.15) is 17.3 Å². The number of nitrogens with zero attached hydrogens (tertiary/aromatic N) is 1. The molecule has 1 heterocycles. The minimum atomic E-state index is -1.13. The maximum absolute atomic E-state index is 12.4. The SMILES string of the molecule is O=C(N[C@@H](Cc1ccc(Br)nc1)C(=O)O)OCC1c2ccccc2-c2ccccc21. The normalized spacial score (nSPS) is 13.2. The van der Waals surface area contributed by atoms with Gasteiger partial charge in [-0.15, -0.1) is 0 Å². The Balaban J connectivity index is 1.43. The summed E-state index contributed by atoms with van der Waals surface area (Å²) in [5.41, 5.74) is 5.16. The van der Waals surface area contributed by atoms with Crippen LogP contribution in [0, 0.1) is 0 Å². The summed E-state index contributed by atoms with van der Waals surface area (Å²) in [6.07, 6.45) is 0.925. The Kier molecular flexibility index (Phi) is 5.81. The second-order valence-electron chi connectivity index (χ2n) is 7.05. The molecule has 30 heavy (non-hydrogen) atoms. The molecule has 0 bridgehead atoms. The summed E-state index contributed by atoms with van der Waals surface area (Å²) in [6, 6.07) is 18.4. The van der Waals surface area contributed by atoms with Gasteiger partial charge in [-0.3, -0.25) is 0 Å². The van der Waals surface area contributed by atoms with Crippen molar-refractivity contribution in [3.63, 3.8) is 0 Å². The number of aromatic nitrogens is 1. The third kappa shape index (κ3) is 4.21. The average molecular weight is 467 g/mol. The van der Waals surface area contributed by atoms with Crippen molar-refractivity contribution in [2.45, 2.75) is 18.4 Å². The maximum atomic E-state index is 12.4. The molecule has 1 aliphatic rings. The minimum Gasteiger partial charge on any atom is -0.480 e. The number of carboxylic acids is 1. The lowest BCUT2D eigenvalue weighted by atomic mass is 9.98. The standard InChI is InChI=1S/C23H19BrN2O4/c24-21-10-9-14(12-25-21)11-20(22(27)28)26-23(29)30-13-19-17-7-3-1-5-15(17)16-6-2-4-8-18(16)19/h1-10,12,19-20H,11,13H2,(H,26,29)(H,27,28)/t20-/m0/s1. The fraction of sp³-hybridized carbons (Fsp3) is 0.174. The fourth-order valence-corrected chi connectivity index (χ4v) is 3.98. The average Bonchev–Trinajstić information content (AvgIpc) is 3.07. The smallest absolute Gasteiger partial charge is 0.407 e. The summed E-state index contributed by atoms with van der Waals surface area (Å²) in [7, 11) is 0. The highest BCUT2D eigenvalue weighted by atomic mass is 79.9. The van der Waals surface area contributed by atoms with Gasteiger partial charge in [0.25, 0.3) is 0 Å². The van der Waals surface area contributed by atoms with E-state index in [1.807, 2.05) is 36.4 Å². The first-order valence-corrected chi connectivity index (χ1v) is 10.3. The molecular weight excluding hydrogens is 448 g/mol. The Morgan fingerprint density at radius 2 is 1.67 bits per heavy atom. The Hall–Kier alpha value is -3.19. The van der Waals surface area contributed by atoms with Crippen LogP contribution in [-0.2, 0) is 16.0 Å². The molecule has 2 aromatic carbocycles. The summed E-state index contributed by atoms with van der Waals surface area (Å²) in [5, 5.41) is 11.9. The van der Waals surface area contributed by atoms with Gasteiger partial charge in [0, 0.05) is 18.5 Å². The third-order valence-corrected chi connectivity index (χ3v) is 5.63. The van der Waals surface area contributed by atoms with Gasteiger partial charge in [0.2, 0.25) is 0 Å². The van der Waals surface area contributed by atoms with E-state index in [-0.39, 0.29) is 18.9 Å². The molecule has 6 nitrogen and oxygen atoms in total. The van der Waals surface area contributed by atoms with E-state index in [2.05, 4.69) is 38.4 Å². The van der Waals surface area contributed by atoms with Crippen LogP contribution in [0.2, 0.25) is 0 Å². The largest absolute Gasteiger partial charge is 0.480 e. The Morgan fingerprint density at radius 3 is 2.23 bits per heavy atom. The maximum Gasteiger partial charge on any atom is 0.407 e. The van der Waals surface area contributed by atoms with Crippen molar-refractivity contribution in [1.82, 2.24) is 10.3 Å². The fourth-order valence-electron chi connectivity index (χ4n) is 3.75. The predicted molar refractivity (Wildman–Crippen MR) is 115 cm³/mol. The summed E-state index contributed by atoms with van der Waals surface area (Å²) < 4.78 is 6.10. The molecule has 3 aromatic rings. The highest BCUT2D eigenvalue weighted by Gasteiger charge is 2.29. The number of halogens is 1. The number of amides is 1. The molecule has 0 spiro atoms. The van der Waals surface area contributed by atoms with Crippen molar-refractivity contribution in [2.24, 2.45) is 0 Å². The van der Waals surface area contributed by atoms with Gasteiger partial charge in [-0.05, 0) is 49.8 Å². The third-order valence-electron chi connectivity index (χ3n) is 5.16. The quantitative estimate of drug-likeness (QED) is 0.526. The van der Waals surface area contributed by atoms with Crippen LogP contribution in [0.4, 0.5) is 4.79 Å². The van der Waals surface area contributed by atoms with Gasteiger partial charge in [-0.2, -0.15) is 0 Å². The van der Waals surface area contributed by atoms with Crippen LogP contribution in [0.15, 0.2) is 71.5 Å². The first kappa shape index (κ1) is 20.1. The number of hydrogen-bond acceptors (Lipinski definition) is 4. The van der Waals surface area contributed by atoms with Gasteiger partial charge in [-0.1, -0.05) is 54.6 Å². The van der Waals surface area contributed by atoms with E-state index >= 15 is 0 Å². The number of nitrogens with one attached hydrogen (secondary N) is 1. The summed E-state index contributed by atoms with van der Waals surface area (Å²) in [6.45, 7) is 0.131. The second kappa shape index (κ2) is 8.67. The van der Waals surface area contributed by atoms with E-state index in [1.54, 1.807) is 18.3 Å². The van der Waals surface area contributed by atoms with Crippen LogP contribution >= 0.6 is 15.9 Å². The highest BCUT2D eigenvalue weighted by Crippen LogP contribution is 2.44. The summed E-state index contributed by atoms with van der Waals surface area (Å²) in [4.78, 5) is 28.0. The van der Waals surface area contributed by atoms with Gasteiger partial charge in [0.15, 0.2) is 0 Å². The number of aliphatic carboxylic acids is 1. The zero-order valence-electron chi connectivity index (χ0n) is 15.9. The Morgan fingerprint density at radius 1 is 1.03 bits per heavy atom. The van der Waals surface area contributed by atoms with Gasteiger partial charge >= 0.3 is 12.1 Å². The molecule has 1 aromatic heterocycles. The molecule has 1 amide bonds. The molecule has 0 saturated heterocycles. The number of fused-ring (bicyclic) bond motifs is 3. The zero-order valence-corrected chi connectivity index (χ0v) is 17.5. The number of carbonyl (C=O) groups excluding carboxylic acids is 1. The molecule has 0 unspecified atom stereocenters. The Bertz CT molecular complexity index is 1040. The zero-order chi connectivity index (χ0) is 21.1. The lowest BCUT2D eigenvalue weighted by molar-refractivity contribution is -0.139. The van der Waals surface area contributed by atoms with Gasteiger partial charge in [0.05, 0.1) is 0 Å². The van der Waals surface area contributed by atoms with Crippen LogP contribution in [0.5, 0.6) is 0 Å². The molecule has 2 N–H and O–H groups in total. The number of pyridine rings is 1.